The van der Waals surface area contributed by atoms with Crippen LogP contribution in [0.1, 0.15) is 18.1 Å². The third-order valence-electron chi connectivity index (χ3n) is 3.70. The van der Waals surface area contributed by atoms with Gasteiger partial charge in [0.05, 0.1) is 20.8 Å². The molecule has 0 radical (unpaired) electrons. The fourth-order valence-electron chi connectivity index (χ4n) is 2.56. The third-order valence-corrected chi connectivity index (χ3v) is 3.70. The summed E-state index contributed by atoms with van der Waals surface area (Å²) in [6.07, 6.45) is 2.02. The van der Waals surface area contributed by atoms with E-state index in [0.29, 0.717) is 23.7 Å². The van der Waals surface area contributed by atoms with Crippen molar-refractivity contribution in [3.05, 3.63) is 29.8 Å². The van der Waals surface area contributed by atoms with Crippen molar-refractivity contribution in [3.63, 3.8) is 0 Å². The van der Waals surface area contributed by atoms with Crippen LogP contribution in [0.2, 0.25) is 0 Å². The number of methoxy groups -OCH3 is 2. The molecule has 2 amide bonds. The first-order chi connectivity index (χ1) is 11.2. The molecule has 0 aliphatic carbocycles. The Bertz CT molecular complexity index is 691. The summed E-state index contributed by atoms with van der Waals surface area (Å²) >= 11 is 0. The van der Waals surface area contributed by atoms with Gasteiger partial charge in [-0.15, -0.1) is 10.2 Å². The Labute approximate surface area is 133 Å². The van der Waals surface area contributed by atoms with Crippen molar-refractivity contribution in [3.8, 4) is 11.5 Å². The van der Waals surface area contributed by atoms with Crippen LogP contribution in [0.3, 0.4) is 0 Å². The number of carbonyl (C=O) groups is 1. The molecule has 2 aromatic rings. The first kappa shape index (κ1) is 15.1. The van der Waals surface area contributed by atoms with E-state index in [-0.39, 0.29) is 6.03 Å². The first-order valence-electron chi connectivity index (χ1n) is 7.38. The quantitative estimate of drug-likeness (QED) is 0.873. The van der Waals surface area contributed by atoms with Gasteiger partial charge in [-0.25, -0.2) is 4.79 Å². The average molecular weight is 317 g/mol. The summed E-state index contributed by atoms with van der Waals surface area (Å²) in [4.78, 5) is 12.0. The summed E-state index contributed by atoms with van der Waals surface area (Å²) in [6.45, 7) is 1.24. The molecule has 0 unspecified atom stereocenters. The van der Waals surface area contributed by atoms with Gasteiger partial charge in [0.25, 0.3) is 0 Å². The fourth-order valence-corrected chi connectivity index (χ4v) is 2.56. The highest BCUT2D eigenvalue weighted by molar-refractivity contribution is 5.89. The van der Waals surface area contributed by atoms with E-state index in [1.165, 1.54) is 0 Å². The van der Waals surface area contributed by atoms with E-state index in [2.05, 4.69) is 25.4 Å². The zero-order valence-electron chi connectivity index (χ0n) is 13.1. The number of anilines is 1. The van der Waals surface area contributed by atoms with E-state index >= 15 is 0 Å². The van der Waals surface area contributed by atoms with Crippen LogP contribution in [0, 0.1) is 0 Å². The van der Waals surface area contributed by atoms with Crippen LogP contribution in [-0.2, 0) is 19.5 Å². The molecule has 8 nitrogen and oxygen atoms in total. The third kappa shape index (κ3) is 3.36. The molecule has 0 spiro atoms. The number of amides is 2. The van der Waals surface area contributed by atoms with Gasteiger partial charge in [-0.1, -0.05) is 0 Å². The van der Waals surface area contributed by atoms with Crippen LogP contribution in [0.4, 0.5) is 10.5 Å². The lowest BCUT2D eigenvalue weighted by Gasteiger charge is -2.11. The van der Waals surface area contributed by atoms with Gasteiger partial charge >= 0.3 is 6.03 Å². The lowest BCUT2D eigenvalue weighted by atomic mass is 10.3. The molecule has 2 heterocycles. The van der Waals surface area contributed by atoms with Crippen molar-refractivity contribution in [1.82, 2.24) is 20.1 Å². The zero-order valence-corrected chi connectivity index (χ0v) is 13.1. The minimum Gasteiger partial charge on any atom is -0.497 e. The van der Waals surface area contributed by atoms with Crippen LogP contribution in [-0.4, -0.2) is 35.0 Å². The van der Waals surface area contributed by atoms with E-state index in [1.54, 1.807) is 32.4 Å². The molecule has 0 fully saturated rings. The van der Waals surface area contributed by atoms with Gasteiger partial charge in [-0.3, -0.25) is 0 Å². The highest BCUT2D eigenvalue weighted by atomic mass is 16.5. The molecule has 122 valence electrons. The lowest BCUT2D eigenvalue weighted by molar-refractivity contribution is 0.251. The second kappa shape index (κ2) is 6.55. The maximum absolute atomic E-state index is 12.0. The van der Waals surface area contributed by atoms with Gasteiger partial charge in [-0.2, -0.15) is 0 Å². The van der Waals surface area contributed by atoms with Crippen molar-refractivity contribution in [1.29, 1.82) is 0 Å². The molecule has 23 heavy (non-hydrogen) atoms. The van der Waals surface area contributed by atoms with Crippen LogP contribution < -0.4 is 20.1 Å². The number of ether oxygens (including phenoxy) is 2. The number of nitrogens with one attached hydrogen (secondary N) is 2. The zero-order chi connectivity index (χ0) is 16.2. The summed E-state index contributed by atoms with van der Waals surface area (Å²) in [5.41, 5.74) is 0.588. The molecule has 1 aliphatic heterocycles. The minimum atomic E-state index is -0.323. The molecule has 0 saturated heterocycles. The van der Waals surface area contributed by atoms with Gasteiger partial charge in [-0.05, 0) is 6.42 Å². The largest absolute Gasteiger partial charge is 0.497 e. The summed E-state index contributed by atoms with van der Waals surface area (Å²) in [5, 5.41) is 13.8. The van der Waals surface area contributed by atoms with Crippen molar-refractivity contribution >= 4 is 11.7 Å². The molecule has 0 saturated carbocycles. The van der Waals surface area contributed by atoms with Crippen molar-refractivity contribution < 1.29 is 14.3 Å². The van der Waals surface area contributed by atoms with Crippen LogP contribution in [0.25, 0.3) is 0 Å². The van der Waals surface area contributed by atoms with Gasteiger partial charge < -0.3 is 24.7 Å². The molecule has 0 bridgehead atoms. The Morgan fingerprint density at radius 3 is 2.65 bits per heavy atom. The number of urea groups is 1. The molecule has 0 atom stereocenters. The van der Waals surface area contributed by atoms with Crippen molar-refractivity contribution in [2.24, 2.45) is 0 Å². The van der Waals surface area contributed by atoms with Crippen LogP contribution in [0.15, 0.2) is 18.2 Å². The van der Waals surface area contributed by atoms with Crippen LogP contribution >= 0.6 is 0 Å². The highest BCUT2D eigenvalue weighted by Crippen LogP contribution is 2.25. The maximum atomic E-state index is 12.0. The highest BCUT2D eigenvalue weighted by Gasteiger charge is 2.17. The number of nitrogens with zero attached hydrogens (tertiary/aromatic N) is 3. The molecular weight excluding hydrogens is 298 g/mol. The van der Waals surface area contributed by atoms with Gasteiger partial charge in [0.15, 0.2) is 5.82 Å². The smallest absolute Gasteiger partial charge is 0.319 e. The first-order valence-corrected chi connectivity index (χ1v) is 7.38. The Kier molecular flexibility index (Phi) is 4.31. The number of carbonyl (C=O) groups excluding carboxylic acids is 1. The van der Waals surface area contributed by atoms with Gasteiger partial charge in [0.2, 0.25) is 0 Å². The number of aryl methyl sites for hydroxylation is 1. The standard InChI is InChI=1S/C15H19N5O3/c1-22-11-6-10(7-12(8-11)23-2)17-15(21)16-9-14-19-18-13-4-3-5-20(13)14/h6-8H,3-5,9H2,1-2H3,(H2,16,17,21). The molecule has 2 N–H and O–H groups in total. The van der Waals surface area contributed by atoms with Crippen molar-refractivity contribution in [2.75, 3.05) is 19.5 Å². The fraction of sp³-hybridized carbons (Fsp3) is 0.400. The number of rotatable bonds is 5. The Balaban J connectivity index is 1.61. The van der Waals surface area contributed by atoms with Crippen molar-refractivity contribution in [2.45, 2.75) is 25.9 Å². The summed E-state index contributed by atoms with van der Waals surface area (Å²) < 4.78 is 12.4. The number of fused-ring (bicyclic) bond motifs is 1. The number of benzene rings is 1. The Morgan fingerprint density at radius 1 is 1.22 bits per heavy atom. The molecular formula is C15H19N5O3. The summed E-state index contributed by atoms with van der Waals surface area (Å²) in [6, 6.07) is 4.85. The van der Waals surface area contributed by atoms with E-state index in [9.17, 15) is 4.79 Å². The van der Waals surface area contributed by atoms with E-state index in [4.69, 9.17) is 9.47 Å². The predicted octanol–water partition coefficient (Wildman–Crippen LogP) is 1.56. The number of aromatic nitrogens is 3. The average Bonchev–Trinajstić information content (AvgIpc) is 3.16. The number of hydrogen-bond acceptors (Lipinski definition) is 5. The lowest BCUT2D eigenvalue weighted by Crippen LogP contribution is -2.29. The number of hydrogen-bond donors (Lipinski definition) is 2. The second-order valence-corrected chi connectivity index (χ2v) is 5.20. The van der Waals surface area contributed by atoms with E-state index < -0.39 is 0 Å². The topological polar surface area (TPSA) is 90.3 Å². The summed E-state index contributed by atoms with van der Waals surface area (Å²) in [5.74, 6) is 2.97. The Hall–Kier alpha value is -2.77. The van der Waals surface area contributed by atoms with Gasteiger partial charge in [0, 0.05) is 36.9 Å². The van der Waals surface area contributed by atoms with E-state index in [0.717, 1.165) is 31.0 Å². The second-order valence-electron chi connectivity index (χ2n) is 5.20. The van der Waals surface area contributed by atoms with Crippen LogP contribution in [0.5, 0.6) is 11.5 Å². The normalized spacial score (nSPS) is 12.6. The summed E-state index contributed by atoms with van der Waals surface area (Å²) in [7, 11) is 3.12. The SMILES string of the molecule is COc1cc(NC(=O)NCc2nnc3n2CCC3)cc(OC)c1. The maximum Gasteiger partial charge on any atom is 0.319 e. The molecule has 1 aromatic carbocycles. The molecule has 3 rings (SSSR count). The predicted molar refractivity (Wildman–Crippen MR) is 83.7 cm³/mol. The van der Waals surface area contributed by atoms with E-state index in [1.807, 2.05) is 0 Å². The minimum absolute atomic E-state index is 0.323. The monoisotopic (exact) mass is 317 g/mol. The molecule has 1 aromatic heterocycles. The Morgan fingerprint density at radius 2 is 1.96 bits per heavy atom. The molecule has 8 heteroatoms. The van der Waals surface area contributed by atoms with Gasteiger partial charge in [0.1, 0.15) is 17.3 Å². The molecule has 1 aliphatic rings.